The van der Waals surface area contributed by atoms with Gasteiger partial charge in [-0.25, -0.2) is 0 Å². The second kappa shape index (κ2) is 6.60. The molecule has 0 aliphatic carbocycles. The van der Waals surface area contributed by atoms with Crippen LogP contribution in [0.5, 0.6) is 11.5 Å². The molecule has 23 heavy (non-hydrogen) atoms. The maximum atomic E-state index is 12.0. The van der Waals surface area contributed by atoms with Gasteiger partial charge in [0, 0.05) is 30.4 Å². The van der Waals surface area contributed by atoms with Gasteiger partial charge in [-0.1, -0.05) is 6.07 Å². The number of benzene rings is 2. The first kappa shape index (κ1) is 15.2. The molecule has 0 aromatic heterocycles. The average Bonchev–Trinajstić information content (AvgIpc) is 2.93. The average molecular weight is 312 g/mol. The number of aryl methyl sites for hydroxylation is 2. The summed E-state index contributed by atoms with van der Waals surface area (Å²) in [6.07, 6.45) is 0.390. The fraction of sp³-hybridized carbons (Fsp3) is 0.278. The Morgan fingerprint density at radius 2 is 1.74 bits per heavy atom. The molecule has 2 aromatic carbocycles. The van der Waals surface area contributed by atoms with Gasteiger partial charge in [0.15, 0.2) is 11.5 Å². The number of carbonyl (C=O) groups is 1. The van der Waals surface area contributed by atoms with Crippen LogP contribution < -0.4 is 20.1 Å². The van der Waals surface area contributed by atoms with Gasteiger partial charge in [0.05, 0.1) is 0 Å². The quantitative estimate of drug-likeness (QED) is 0.887. The molecule has 2 aromatic rings. The summed E-state index contributed by atoms with van der Waals surface area (Å²) in [5, 5.41) is 6.15. The molecule has 5 heteroatoms. The molecule has 3 rings (SSSR count). The van der Waals surface area contributed by atoms with Crippen LogP contribution in [0.25, 0.3) is 0 Å². The van der Waals surface area contributed by atoms with Crippen molar-refractivity contribution in [3.05, 3.63) is 47.5 Å². The summed E-state index contributed by atoms with van der Waals surface area (Å²) in [7, 11) is 0. The standard InChI is InChI=1S/C18H20N2O3/c1-12-7-13(2)9-15(8-12)20-18(21)5-6-19-14-3-4-16-17(10-14)23-11-22-16/h3-4,7-10,19H,5-6,11H2,1-2H3,(H,20,21). The van der Waals surface area contributed by atoms with E-state index in [0.717, 1.165) is 34.0 Å². The number of carbonyl (C=O) groups excluding carboxylic acids is 1. The van der Waals surface area contributed by atoms with Crippen molar-refractivity contribution in [2.45, 2.75) is 20.3 Å². The van der Waals surface area contributed by atoms with Crippen LogP contribution in [0, 0.1) is 13.8 Å². The third-order valence-corrected chi connectivity index (χ3v) is 3.56. The molecule has 0 atom stereocenters. The molecule has 1 amide bonds. The lowest BCUT2D eigenvalue weighted by Crippen LogP contribution is -2.16. The topological polar surface area (TPSA) is 59.6 Å². The van der Waals surface area contributed by atoms with Crippen molar-refractivity contribution >= 4 is 17.3 Å². The van der Waals surface area contributed by atoms with E-state index in [2.05, 4.69) is 16.7 Å². The predicted octanol–water partition coefficient (Wildman–Crippen LogP) is 3.47. The number of anilines is 2. The van der Waals surface area contributed by atoms with Crippen molar-refractivity contribution in [1.29, 1.82) is 0 Å². The van der Waals surface area contributed by atoms with E-state index in [0.29, 0.717) is 13.0 Å². The van der Waals surface area contributed by atoms with E-state index in [9.17, 15) is 4.79 Å². The van der Waals surface area contributed by atoms with Crippen LogP contribution in [0.1, 0.15) is 17.5 Å². The lowest BCUT2D eigenvalue weighted by Gasteiger charge is -2.09. The van der Waals surface area contributed by atoms with Crippen molar-refractivity contribution in [3.63, 3.8) is 0 Å². The van der Waals surface area contributed by atoms with Crippen LogP contribution in [0.3, 0.4) is 0 Å². The molecule has 5 nitrogen and oxygen atoms in total. The van der Waals surface area contributed by atoms with Crippen molar-refractivity contribution in [2.75, 3.05) is 24.0 Å². The van der Waals surface area contributed by atoms with Gasteiger partial charge in [0.1, 0.15) is 0 Å². The first-order valence-electron chi connectivity index (χ1n) is 7.62. The molecular weight excluding hydrogens is 292 g/mol. The number of hydrogen-bond donors (Lipinski definition) is 2. The highest BCUT2D eigenvalue weighted by Crippen LogP contribution is 2.34. The van der Waals surface area contributed by atoms with Gasteiger partial charge in [-0.3, -0.25) is 4.79 Å². The molecule has 0 spiro atoms. The second-order valence-electron chi connectivity index (χ2n) is 5.67. The number of hydrogen-bond acceptors (Lipinski definition) is 4. The minimum Gasteiger partial charge on any atom is -0.454 e. The fourth-order valence-electron chi connectivity index (χ4n) is 2.60. The normalized spacial score (nSPS) is 12.1. The minimum atomic E-state index is -0.0109. The number of rotatable bonds is 5. The Labute approximate surface area is 135 Å². The van der Waals surface area contributed by atoms with Gasteiger partial charge in [-0.05, 0) is 49.2 Å². The maximum Gasteiger partial charge on any atom is 0.231 e. The summed E-state index contributed by atoms with van der Waals surface area (Å²) < 4.78 is 10.6. The Morgan fingerprint density at radius 3 is 2.52 bits per heavy atom. The van der Waals surface area contributed by atoms with Gasteiger partial charge in [-0.2, -0.15) is 0 Å². The molecule has 0 saturated heterocycles. The molecule has 0 fully saturated rings. The largest absolute Gasteiger partial charge is 0.454 e. The van der Waals surface area contributed by atoms with Gasteiger partial charge in [0.2, 0.25) is 12.7 Å². The van der Waals surface area contributed by atoms with E-state index in [1.54, 1.807) is 0 Å². The lowest BCUT2D eigenvalue weighted by molar-refractivity contribution is -0.115. The lowest BCUT2D eigenvalue weighted by atomic mass is 10.1. The Kier molecular flexibility index (Phi) is 4.37. The Balaban J connectivity index is 1.49. The highest BCUT2D eigenvalue weighted by atomic mass is 16.7. The summed E-state index contributed by atoms with van der Waals surface area (Å²) in [5.41, 5.74) is 4.03. The molecule has 0 radical (unpaired) electrons. The molecule has 2 N–H and O–H groups in total. The smallest absolute Gasteiger partial charge is 0.231 e. The van der Waals surface area contributed by atoms with Gasteiger partial charge in [-0.15, -0.1) is 0 Å². The Bertz CT molecular complexity index is 708. The van der Waals surface area contributed by atoms with Crippen LogP contribution in [0.4, 0.5) is 11.4 Å². The molecular formula is C18H20N2O3. The highest BCUT2D eigenvalue weighted by molar-refractivity contribution is 5.91. The Morgan fingerprint density at radius 1 is 1.00 bits per heavy atom. The molecule has 0 unspecified atom stereocenters. The maximum absolute atomic E-state index is 12.0. The van der Waals surface area contributed by atoms with E-state index in [-0.39, 0.29) is 12.7 Å². The van der Waals surface area contributed by atoms with Crippen molar-refractivity contribution in [1.82, 2.24) is 0 Å². The molecule has 1 aliphatic heterocycles. The van der Waals surface area contributed by atoms with Crippen LogP contribution >= 0.6 is 0 Å². The van der Waals surface area contributed by atoms with Gasteiger partial charge in [0.25, 0.3) is 0 Å². The monoisotopic (exact) mass is 312 g/mol. The number of nitrogens with one attached hydrogen (secondary N) is 2. The minimum absolute atomic E-state index is 0.0109. The molecule has 120 valence electrons. The third kappa shape index (κ3) is 3.94. The van der Waals surface area contributed by atoms with Crippen LogP contribution in [0.15, 0.2) is 36.4 Å². The van der Waals surface area contributed by atoms with E-state index >= 15 is 0 Å². The second-order valence-corrected chi connectivity index (χ2v) is 5.67. The van der Waals surface area contributed by atoms with Crippen molar-refractivity contribution in [2.24, 2.45) is 0 Å². The zero-order chi connectivity index (χ0) is 16.2. The number of ether oxygens (including phenoxy) is 2. The van der Waals surface area contributed by atoms with Gasteiger partial charge < -0.3 is 20.1 Å². The number of amides is 1. The van der Waals surface area contributed by atoms with E-state index in [4.69, 9.17) is 9.47 Å². The van der Waals surface area contributed by atoms with E-state index in [1.165, 1.54) is 0 Å². The predicted molar refractivity (Wildman–Crippen MR) is 90.2 cm³/mol. The zero-order valence-corrected chi connectivity index (χ0v) is 13.3. The van der Waals surface area contributed by atoms with Crippen LogP contribution in [-0.2, 0) is 4.79 Å². The summed E-state index contributed by atoms with van der Waals surface area (Å²) in [6.45, 7) is 4.85. The van der Waals surface area contributed by atoms with Gasteiger partial charge >= 0.3 is 0 Å². The van der Waals surface area contributed by atoms with E-state index in [1.807, 2.05) is 44.2 Å². The van der Waals surface area contributed by atoms with E-state index < -0.39 is 0 Å². The molecule has 0 saturated carbocycles. The zero-order valence-electron chi connectivity index (χ0n) is 13.3. The van der Waals surface area contributed by atoms with Crippen LogP contribution in [0.2, 0.25) is 0 Å². The summed E-state index contributed by atoms with van der Waals surface area (Å²) in [6, 6.07) is 11.7. The summed E-state index contributed by atoms with van der Waals surface area (Å²) in [4.78, 5) is 12.0. The molecule has 1 heterocycles. The summed E-state index contributed by atoms with van der Waals surface area (Å²) in [5.74, 6) is 1.47. The first-order chi connectivity index (χ1) is 11.1. The fourth-order valence-corrected chi connectivity index (χ4v) is 2.60. The SMILES string of the molecule is Cc1cc(C)cc(NC(=O)CCNc2ccc3c(c2)OCO3)c1. The van der Waals surface area contributed by atoms with Crippen molar-refractivity contribution in [3.8, 4) is 11.5 Å². The Hall–Kier alpha value is -2.69. The number of fused-ring (bicyclic) bond motifs is 1. The first-order valence-corrected chi connectivity index (χ1v) is 7.62. The summed E-state index contributed by atoms with van der Waals surface area (Å²) >= 11 is 0. The highest BCUT2D eigenvalue weighted by Gasteiger charge is 2.13. The molecule has 0 bridgehead atoms. The molecule has 1 aliphatic rings. The van der Waals surface area contributed by atoms with Crippen LogP contribution in [-0.4, -0.2) is 19.2 Å². The van der Waals surface area contributed by atoms with Crippen molar-refractivity contribution < 1.29 is 14.3 Å². The third-order valence-electron chi connectivity index (χ3n) is 3.56.